The Hall–Kier alpha value is -1.79. The second-order valence-corrected chi connectivity index (χ2v) is 2.71. The molecule has 0 aliphatic rings. The van der Waals surface area contributed by atoms with E-state index in [0.29, 0.717) is 0 Å². The van der Waals surface area contributed by atoms with Crippen LogP contribution in [-0.4, -0.2) is 18.3 Å². The van der Waals surface area contributed by atoms with Crippen LogP contribution in [-0.2, 0) is 0 Å². The molecule has 0 fully saturated rings. The van der Waals surface area contributed by atoms with E-state index in [9.17, 15) is 0 Å². The Labute approximate surface area is 82.9 Å². The van der Waals surface area contributed by atoms with E-state index in [0.717, 1.165) is 11.3 Å². The molecule has 0 amide bonds. The Morgan fingerprint density at radius 1 is 1.43 bits per heavy atom. The van der Waals surface area contributed by atoms with Crippen molar-refractivity contribution in [1.29, 1.82) is 5.26 Å². The van der Waals surface area contributed by atoms with E-state index in [-0.39, 0.29) is 0 Å². The molecule has 0 bridgehead atoms. The lowest BCUT2D eigenvalue weighted by molar-refractivity contribution is 0.279. The SMILES string of the molecule is COc1ccc(/C=C/C(O)C#N)cc1. The zero-order chi connectivity index (χ0) is 10.4. The molecular formula is C11H11NO2. The molecule has 1 N–H and O–H groups in total. The Kier molecular flexibility index (Phi) is 3.71. The third-order valence-electron chi connectivity index (χ3n) is 1.72. The zero-order valence-electron chi connectivity index (χ0n) is 7.84. The number of methoxy groups -OCH3 is 1. The van der Waals surface area contributed by atoms with Crippen LogP contribution in [0.4, 0.5) is 0 Å². The fourth-order valence-electron chi connectivity index (χ4n) is 0.960. The molecule has 0 aliphatic carbocycles. The molecule has 1 aromatic carbocycles. The van der Waals surface area contributed by atoms with Gasteiger partial charge in [0.05, 0.1) is 13.2 Å². The van der Waals surface area contributed by atoms with Gasteiger partial charge in [0.25, 0.3) is 0 Å². The second-order valence-electron chi connectivity index (χ2n) is 2.71. The predicted octanol–water partition coefficient (Wildman–Crippen LogP) is 1.59. The minimum atomic E-state index is -1.04. The minimum Gasteiger partial charge on any atom is -0.497 e. The number of benzene rings is 1. The predicted molar refractivity (Wildman–Crippen MR) is 53.6 cm³/mol. The average Bonchev–Trinajstić information content (AvgIpc) is 2.26. The number of ether oxygens (including phenoxy) is 1. The lowest BCUT2D eigenvalue weighted by Crippen LogP contribution is -1.94. The summed E-state index contributed by atoms with van der Waals surface area (Å²) in [6.45, 7) is 0. The van der Waals surface area contributed by atoms with E-state index in [1.165, 1.54) is 6.08 Å². The fraction of sp³-hybridized carbons (Fsp3) is 0.182. The maximum absolute atomic E-state index is 8.95. The molecule has 0 heterocycles. The highest BCUT2D eigenvalue weighted by atomic mass is 16.5. The van der Waals surface area contributed by atoms with Gasteiger partial charge in [-0.1, -0.05) is 18.2 Å². The first kappa shape index (κ1) is 10.3. The first-order valence-corrected chi connectivity index (χ1v) is 4.16. The largest absolute Gasteiger partial charge is 0.497 e. The number of aliphatic hydroxyl groups is 1. The van der Waals surface area contributed by atoms with Crippen molar-refractivity contribution in [3.05, 3.63) is 35.9 Å². The Morgan fingerprint density at radius 2 is 2.07 bits per heavy atom. The van der Waals surface area contributed by atoms with Gasteiger partial charge in [-0.2, -0.15) is 5.26 Å². The van der Waals surface area contributed by atoms with Crippen molar-refractivity contribution in [3.63, 3.8) is 0 Å². The average molecular weight is 189 g/mol. The van der Waals surface area contributed by atoms with Gasteiger partial charge in [0, 0.05) is 0 Å². The summed E-state index contributed by atoms with van der Waals surface area (Å²) >= 11 is 0. The molecule has 1 aromatic rings. The molecule has 0 spiro atoms. The monoisotopic (exact) mass is 189 g/mol. The molecule has 14 heavy (non-hydrogen) atoms. The van der Waals surface area contributed by atoms with E-state index >= 15 is 0 Å². The van der Waals surface area contributed by atoms with E-state index in [2.05, 4.69) is 0 Å². The molecular weight excluding hydrogens is 178 g/mol. The third kappa shape index (κ3) is 2.92. The van der Waals surface area contributed by atoms with Crippen LogP contribution in [0.15, 0.2) is 30.3 Å². The number of rotatable bonds is 3. The normalized spacial score (nSPS) is 12.4. The molecule has 0 radical (unpaired) electrons. The van der Waals surface area contributed by atoms with Crippen LogP contribution < -0.4 is 4.74 Å². The molecule has 3 nitrogen and oxygen atoms in total. The van der Waals surface area contributed by atoms with Crippen molar-refractivity contribution in [3.8, 4) is 11.8 Å². The molecule has 1 unspecified atom stereocenters. The van der Waals surface area contributed by atoms with Gasteiger partial charge in [-0.25, -0.2) is 0 Å². The van der Waals surface area contributed by atoms with Crippen molar-refractivity contribution in [2.24, 2.45) is 0 Å². The summed E-state index contributed by atoms with van der Waals surface area (Å²) in [6.07, 6.45) is 2.08. The van der Waals surface area contributed by atoms with Crippen molar-refractivity contribution in [2.45, 2.75) is 6.10 Å². The summed E-state index contributed by atoms with van der Waals surface area (Å²) in [6, 6.07) is 9.03. The van der Waals surface area contributed by atoms with Crippen molar-refractivity contribution < 1.29 is 9.84 Å². The molecule has 0 aromatic heterocycles. The summed E-state index contributed by atoms with van der Waals surface area (Å²) in [5.41, 5.74) is 0.917. The molecule has 1 atom stereocenters. The lowest BCUT2D eigenvalue weighted by atomic mass is 10.2. The topological polar surface area (TPSA) is 53.2 Å². The molecule has 0 saturated carbocycles. The van der Waals surface area contributed by atoms with Gasteiger partial charge in [0.15, 0.2) is 6.10 Å². The van der Waals surface area contributed by atoms with Crippen LogP contribution in [0.3, 0.4) is 0 Å². The van der Waals surface area contributed by atoms with Crippen LogP contribution in [0.5, 0.6) is 5.75 Å². The first-order valence-electron chi connectivity index (χ1n) is 4.16. The zero-order valence-corrected chi connectivity index (χ0v) is 7.84. The van der Waals surface area contributed by atoms with Crippen LogP contribution in [0, 0.1) is 11.3 Å². The summed E-state index contributed by atoms with van der Waals surface area (Å²) < 4.78 is 4.99. The number of aliphatic hydroxyl groups excluding tert-OH is 1. The summed E-state index contributed by atoms with van der Waals surface area (Å²) in [5, 5.41) is 17.3. The van der Waals surface area contributed by atoms with Gasteiger partial charge in [0.2, 0.25) is 0 Å². The Bertz CT molecular complexity index is 349. The summed E-state index contributed by atoms with van der Waals surface area (Å²) in [5.74, 6) is 0.781. The van der Waals surface area contributed by atoms with Gasteiger partial charge in [-0.05, 0) is 23.8 Å². The number of hydrogen-bond donors (Lipinski definition) is 1. The van der Waals surface area contributed by atoms with Crippen molar-refractivity contribution in [2.75, 3.05) is 7.11 Å². The third-order valence-corrected chi connectivity index (χ3v) is 1.72. The molecule has 0 saturated heterocycles. The van der Waals surface area contributed by atoms with Crippen molar-refractivity contribution in [1.82, 2.24) is 0 Å². The van der Waals surface area contributed by atoms with E-state index in [4.69, 9.17) is 15.1 Å². The fourth-order valence-corrected chi connectivity index (χ4v) is 0.960. The van der Waals surface area contributed by atoms with Crippen LogP contribution in [0.25, 0.3) is 6.08 Å². The maximum Gasteiger partial charge on any atom is 0.159 e. The van der Waals surface area contributed by atoms with E-state index < -0.39 is 6.10 Å². The number of nitriles is 1. The van der Waals surface area contributed by atoms with Gasteiger partial charge in [-0.15, -0.1) is 0 Å². The standard InChI is InChI=1S/C11H11NO2/c1-14-11-6-3-9(4-7-11)2-5-10(13)8-12/h2-7,10,13H,1H3/b5-2+. The van der Waals surface area contributed by atoms with E-state index in [1.807, 2.05) is 24.3 Å². The van der Waals surface area contributed by atoms with Crippen LogP contribution in [0.1, 0.15) is 5.56 Å². The Morgan fingerprint density at radius 3 is 2.57 bits per heavy atom. The van der Waals surface area contributed by atoms with Gasteiger partial charge < -0.3 is 9.84 Å². The summed E-state index contributed by atoms with van der Waals surface area (Å²) in [4.78, 5) is 0. The summed E-state index contributed by atoms with van der Waals surface area (Å²) in [7, 11) is 1.60. The maximum atomic E-state index is 8.95. The first-order chi connectivity index (χ1) is 6.76. The highest BCUT2D eigenvalue weighted by molar-refractivity contribution is 5.51. The highest BCUT2D eigenvalue weighted by Gasteiger charge is 1.93. The quantitative estimate of drug-likeness (QED) is 0.734. The highest BCUT2D eigenvalue weighted by Crippen LogP contribution is 2.12. The van der Waals surface area contributed by atoms with Crippen LogP contribution in [0.2, 0.25) is 0 Å². The number of hydrogen-bond acceptors (Lipinski definition) is 3. The smallest absolute Gasteiger partial charge is 0.159 e. The van der Waals surface area contributed by atoms with Gasteiger partial charge in [0.1, 0.15) is 5.75 Å². The lowest BCUT2D eigenvalue weighted by Gasteiger charge is -1.99. The number of nitrogens with zero attached hydrogens (tertiary/aromatic N) is 1. The second kappa shape index (κ2) is 5.05. The molecule has 72 valence electrons. The molecule has 3 heteroatoms. The van der Waals surface area contributed by atoms with Crippen molar-refractivity contribution >= 4 is 6.08 Å². The minimum absolute atomic E-state index is 0.781. The molecule has 0 aliphatic heterocycles. The molecule has 1 rings (SSSR count). The van der Waals surface area contributed by atoms with Gasteiger partial charge >= 0.3 is 0 Å². The van der Waals surface area contributed by atoms with Gasteiger partial charge in [-0.3, -0.25) is 0 Å². The Balaban J connectivity index is 2.69. The van der Waals surface area contributed by atoms with E-state index in [1.54, 1.807) is 19.3 Å². The van der Waals surface area contributed by atoms with Crippen LogP contribution >= 0.6 is 0 Å².